The monoisotopic (exact) mass is 473 g/mol. The zero-order valence-electron chi connectivity index (χ0n) is 17.8. The van der Waals surface area contributed by atoms with Gasteiger partial charge in [0.25, 0.3) is 5.91 Å². The van der Waals surface area contributed by atoms with Gasteiger partial charge < -0.3 is 9.64 Å². The molecule has 0 saturated carbocycles. The Morgan fingerprint density at radius 2 is 1.97 bits per heavy atom. The highest BCUT2D eigenvalue weighted by atomic mass is 32.1. The topological polar surface area (TPSA) is 81.1 Å². The Morgan fingerprint density at radius 1 is 1.18 bits per heavy atom. The minimum atomic E-state index is -4.53. The predicted octanol–water partition coefficient (Wildman–Crippen LogP) is 4.76. The second-order valence-corrected chi connectivity index (χ2v) is 8.29. The molecule has 0 aromatic carbocycles. The molecule has 0 aliphatic heterocycles. The summed E-state index contributed by atoms with van der Waals surface area (Å²) in [5.41, 5.74) is 1.07. The van der Waals surface area contributed by atoms with Crippen molar-refractivity contribution in [2.24, 2.45) is 0 Å². The van der Waals surface area contributed by atoms with Gasteiger partial charge in [-0.05, 0) is 30.2 Å². The van der Waals surface area contributed by atoms with Crippen molar-refractivity contribution in [3.8, 4) is 17.1 Å². The molecule has 4 rings (SSSR count). The van der Waals surface area contributed by atoms with Gasteiger partial charge in [0, 0.05) is 49.2 Å². The first-order valence-corrected chi connectivity index (χ1v) is 10.5. The Labute approximate surface area is 190 Å². The number of carbonyl (C=O) groups is 1. The Balaban J connectivity index is 1.71. The minimum absolute atomic E-state index is 0.203. The highest BCUT2D eigenvalue weighted by Gasteiger charge is 2.31. The summed E-state index contributed by atoms with van der Waals surface area (Å²) >= 11 is 1.18. The van der Waals surface area contributed by atoms with Gasteiger partial charge in [0.15, 0.2) is 0 Å². The van der Waals surface area contributed by atoms with Crippen molar-refractivity contribution < 1.29 is 22.7 Å². The molecule has 0 aliphatic carbocycles. The van der Waals surface area contributed by atoms with Crippen molar-refractivity contribution >= 4 is 27.5 Å². The number of aryl methyl sites for hydroxylation is 1. The average Bonchev–Trinajstić information content (AvgIpc) is 3.14. The number of fused-ring (bicyclic) bond motifs is 1. The summed E-state index contributed by atoms with van der Waals surface area (Å²) in [4.78, 5) is 31.9. The number of hydrogen-bond acceptors (Lipinski definition) is 7. The number of thiophene rings is 1. The number of halogens is 3. The van der Waals surface area contributed by atoms with Gasteiger partial charge in [0.2, 0.25) is 5.88 Å². The van der Waals surface area contributed by atoms with Crippen LogP contribution in [0.2, 0.25) is 0 Å². The van der Waals surface area contributed by atoms with E-state index in [1.165, 1.54) is 31.0 Å². The summed E-state index contributed by atoms with van der Waals surface area (Å²) in [6.45, 7) is 2.06. The van der Waals surface area contributed by atoms with Gasteiger partial charge in [-0.15, -0.1) is 11.3 Å². The molecular formula is C22H18F3N5O2S. The maximum absolute atomic E-state index is 13.2. The fourth-order valence-corrected chi connectivity index (χ4v) is 4.54. The number of alkyl halides is 3. The smallest absolute Gasteiger partial charge is 0.417 e. The molecule has 0 atom stereocenters. The van der Waals surface area contributed by atoms with E-state index in [0.29, 0.717) is 38.8 Å². The molecule has 1 amide bonds. The molecule has 11 heteroatoms. The lowest BCUT2D eigenvalue weighted by Crippen LogP contribution is -2.26. The minimum Gasteiger partial charge on any atom is -0.481 e. The third-order valence-electron chi connectivity index (χ3n) is 5.03. The van der Waals surface area contributed by atoms with Crippen LogP contribution in [-0.4, -0.2) is 44.9 Å². The van der Waals surface area contributed by atoms with Crippen LogP contribution in [0.3, 0.4) is 0 Å². The lowest BCUT2D eigenvalue weighted by atomic mass is 10.1. The van der Waals surface area contributed by atoms with E-state index in [4.69, 9.17) is 4.74 Å². The maximum atomic E-state index is 13.2. The van der Waals surface area contributed by atoms with Crippen LogP contribution in [0, 0.1) is 6.92 Å². The van der Waals surface area contributed by atoms with Crippen LogP contribution < -0.4 is 4.74 Å². The van der Waals surface area contributed by atoms with Crippen molar-refractivity contribution in [1.29, 1.82) is 0 Å². The van der Waals surface area contributed by atoms with Crippen LogP contribution in [0.4, 0.5) is 13.2 Å². The van der Waals surface area contributed by atoms with Gasteiger partial charge in [0.1, 0.15) is 11.2 Å². The summed E-state index contributed by atoms with van der Waals surface area (Å²) in [5.74, 6) is 0.209. The van der Waals surface area contributed by atoms with Gasteiger partial charge in [-0.2, -0.15) is 13.2 Å². The largest absolute Gasteiger partial charge is 0.481 e. The normalized spacial score (nSPS) is 11.6. The number of pyridine rings is 2. The summed E-state index contributed by atoms with van der Waals surface area (Å²) in [5, 5.41) is 0.533. The van der Waals surface area contributed by atoms with E-state index in [2.05, 4.69) is 19.9 Å². The molecule has 170 valence electrons. The molecule has 7 nitrogen and oxygen atoms in total. The maximum Gasteiger partial charge on any atom is 0.417 e. The van der Waals surface area contributed by atoms with Crippen LogP contribution in [0.1, 0.15) is 26.4 Å². The van der Waals surface area contributed by atoms with Gasteiger partial charge >= 0.3 is 6.18 Å². The average molecular weight is 473 g/mol. The van der Waals surface area contributed by atoms with Crippen molar-refractivity contribution in [3.05, 3.63) is 64.7 Å². The molecule has 0 unspecified atom stereocenters. The van der Waals surface area contributed by atoms with E-state index in [-0.39, 0.29) is 11.5 Å². The standard InChI is InChI=1S/C22H18F3N5O2S/c1-12-17-18(14-7-15(9-26-8-14)22(23,24)25)28-11-29-20(17)33-19(12)21(31)30(2)10-13-4-5-27-16(6-13)32-3/h4-9,11H,10H2,1-3H3. The molecule has 0 saturated heterocycles. The zero-order chi connectivity index (χ0) is 23.8. The summed E-state index contributed by atoms with van der Waals surface area (Å²) < 4.78 is 44.6. The molecule has 0 aliphatic rings. The number of methoxy groups -OCH3 is 1. The van der Waals surface area contributed by atoms with E-state index in [1.807, 2.05) is 0 Å². The quantitative estimate of drug-likeness (QED) is 0.416. The summed E-state index contributed by atoms with van der Waals surface area (Å²) in [6, 6.07) is 4.52. The van der Waals surface area contributed by atoms with Crippen LogP contribution in [0.5, 0.6) is 5.88 Å². The molecular weight excluding hydrogens is 455 g/mol. The van der Waals surface area contributed by atoms with Gasteiger partial charge in [-0.1, -0.05) is 0 Å². The van der Waals surface area contributed by atoms with Crippen LogP contribution in [0.25, 0.3) is 21.5 Å². The van der Waals surface area contributed by atoms with Crippen molar-refractivity contribution in [2.45, 2.75) is 19.6 Å². The zero-order valence-corrected chi connectivity index (χ0v) is 18.7. The fraction of sp³-hybridized carbons (Fsp3) is 0.227. The Morgan fingerprint density at radius 3 is 2.70 bits per heavy atom. The van der Waals surface area contributed by atoms with Gasteiger partial charge in [-0.3, -0.25) is 9.78 Å². The number of hydrogen-bond donors (Lipinski definition) is 0. The number of amides is 1. The second kappa shape index (κ2) is 8.74. The third kappa shape index (κ3) is 4.49. The van der Waals surface area contributed by atoms with E-state index in [0.717, 1.165) is 17.8 Å². The lowest BCUT2D eigenvalue weighted by molar-refractivity contribution is -0.137. The summed E-state index contributed by atoms with van der Waals surface area (Å²) in [7, 11) is 3.18. The number of aromatic nitrogens is 4. The number of carbonyl (C=O) groups excluding carboxylic acids is 1. The van der Waals surface area contributed by atoms with Crippen LogP contribution >= 0.6 is 11.3 Å². The van der Waals surface area contributed by atoms with E-state index in [1.54, 1.807) is 37.2 Å². The first-order chi connectivity index (χ1) is 15.7. The van der Waals surface area contributed by atoms with Crippen molar-refractivity contribution in [2.75, 3.05) is 14.2 Å². The lowest BCUT2D eigenvalue weighted by Gasteiger charge is -2.17. The predicted molar refractivity (Wildman–Crippen MR) is 117 cm³/mol. The van der Waals surface area contributed by atoms with Crippen LogP contribution in [-0.2, 0) is 12.7 Å². The van der Waals surface area contributed by atoms with E-state index >= 15 is 0 Å². The van der Waals surface area contributed by atoms with Gasteiger partial charge in [-0.25, -0.2) is 15.0 Å². The van der Waals surface area contributed by atoms with Crippen molar-refractivity contribution in [1.82, 2.24) is 24.8 Å². The molecule has 33 heavy (non-hydrogen) atoms. The molecule has 4 aromatic rings. The second-order valence-electron chi connectivity index (χ2n) is 7.29. The Kier molecular flexibility index (Phi) is 5.98. The molecule has 0 radical (unpaired) electrons. The summed E-state index contributed by atoms with van der Waals surface area (Å²) in [6.07, 6.45) is 0.425. The Bertz CT molecular complexity index is 1340. The Hall–Kier alpha value is -3.60. The van der Waals surface area contributed by atoms with E-state index < -0.39 is 11.7 Å². The van der Waals surface area contributed by atoms with Crippen LogP contribution in [0.15, 0.2) is 43.1 Å². The van der Waals surface area contributed by atoms with Gasteiger partial charge in [0.05, 0.1) is 23.2 Å². The molecule has 0 spiro atoms. The first kappa shape index (κ1) is 22.6. The molecule has 0 fully saturated rings. The number of rotatable bonds is 5. The molecule has 0 N–H and O–H groups in total. The first-order valence-electron chi connectivity index (χ1n) is 9.70. The number of ether oxygens (including phenoxy) is 1. The van der Waals surface area contributed by atoms with Crippen molar-refractivity contribution in [3.63, 3.8) is 0 Å². The molecule has 0 bridgehead atoms. The number of nitrogens with zero attached hydrogens (tertiary/aromatic N) is 5. The third-order valence-corrected chi connectivity index (χ3v) is 6.22. The fourth-order valence-electron chi connectivity index (χ4n) is 3.40. The molecule has 4 aromatic heterocycles. The molecule has 4 heterocycles. The highest BCUT2D eigenvalue weighted by Crippen LogP contribution is 2.37. The van der Waals surface area contributed by atoms with E-state index in [9.17, 15) is 18.0 Å². The SMILES string of the molecule is COc1cc(CN(C)C(=O)c2sc3ncnc(-c4cncc(C(F)(F)F)c4)c3c2C)ccn1. The highest BCUT2D eigenvalue weighted by molar-refractivity contribution is 7.20.